The zero-order valence-electron chi connectivity index (χ0n) is 5.38. The second-order valence-electron chi connectivity index (χ2n) is 1.87. The van der Waals surface area contributed by atoms with Gasteiger partial charge in [0.25, 0.3) is 0 Å². The smallest absolute Gasteiger partial charge is 0.146 e. The third-order valence-electron chi connectivity index (χ3n) is 1.19. The van der Waals surface area contributed by atoms with Gasteiger partial charge in [-0.3, -0.25) is 0 Å². The van der Waals surface area contributed by atoms with E-state index < -0.39 is 0 Å². The summed E-state index contributed by atoms with van der Waals surface area (Å²) in [6.07, 6.45) is 0. The highest BCUT2D eigenvalue weighted by Crippen LogP contribution is 2.13. The Morgan fingerprint density at radius 1 is 1.30 bits per heavy atom. The first-order valence-electron chi connectivity index (χ1n) is 2.87. The molecular formula is C8H7ClO. The van der Waals surface area contributed by atoms with E-state index in [1.54, 1.807) is 0 Å². The molecule has 0 spiro atoms. The lowest BCUT2D eigenvalue weighted by atomic mass is 10.2. The Hall–Kier alpha value is -0.950. The first kappa shape index (κ1) is 7.16. The summed E-state index contributed by atoms with van der Waals surface area (Å²) in [6.45, 7) is 3.59. The van der Waals surface area contributed by atoms with Crippen LogP contribution in [0.15, 0.2) is 36.9 Å². The third-order valence-corrected chi connectivity index (χ3v) is 1.38. The topological polar surface area (TPSA) is 9.23 Å². The quantitative estimate of drug-likeness (QED) is 0.596. The summed E-state index contributed by atoms with van der Waals surface area (Å²) in [6, 6.07) is 9.48. The number of hydrogen-bond donors (Lipinski definition) is 0. The highest BCUT2D eigenvalue weighted by molar-refractivity contribution is 6.10. The van der Waals surface area contributed by atoms with Crippen LogP contribution in [0.5, 0.6) is 0 Å². The zero-order chi connectivity index (χ0) is 7.40. The predicted molar refractivity (Wildman–Crippen MR) is 42.4 cm³/mol. The molecule has 0 fully saturated rings. The molecule has 1 aromatic rings. The molecule has 0 N–H and O–H groups in total. The summed E-state index contributed by atoms with van der Waals surface area (Å²) >= 11 is 5.09. The SMILES string of the molecule is C=C(OCl)c1ccccc1. The third kappa shape index (κ3) is 1.52. The number of halogens is 1. The van der Waals surface area contributed by atoms with E-state index in [9.17, 15) is 0 Å². The van der Waals surface area contributed by atoms with Gasteiger partial charge in [-0.1, -0.05) is 36.9 Å². The van der Waals surface area contributed by atoms with Gasteiger partial charge in [-0.25, -0.2) is 0 Å². The van der Waals surface area contributed by atoms with Crippen LogP contribution in [0.25, 0.3) is 5.76 Å². The van der Waals surface area contributed by atoms with Gasteiger partial charge >= 0.3 is 0 Å². The molecule has 0 heterocycles. The lowest BCUT2D eigenvalue weighted by molar-refractivity contribution is 0.577. The van der Waals surface area contributed by atoms with Gasteiger partial charge in [0.05, 0.1) is 0 Å². The Labute approximate surface area is 65.1 Å². The predicted octanol–water partition coefficient (Wildman–Crippen LogP) is 2.83. The fourth-order valence-electron chi connectivity index (χ4n) is 0.669. The number of rotatable bonds is 2. The first-order chi connectivity index (χ1) is 4.84. The van der Waals surface area contributed by atoms with Crippen molar-refractivity contribution in [3.05, 3.63) is 42.5 Å². The maximum Gasteiger partial charge on any atom is 0.146 e. The molecule has 0 bridgehead atoms. The lowest BCUT2D eigenvalue weighted by Crippen LogP contribution is -1.78. The van der Waals surface area contributed by atoms with E-state index >= 15 is 0 Å². The molecule has 1 nitrogen and oxygen atoms in total. The molecule has 0 unspecified atom stereocenters. The summed E-state index contributed by atoms with van der Waals surface area (Å²) in [5.41, 5.74) is 0.900. The summed E-state index contributed by atoms with van der Waals surface area (Å²) < 4.78 is 4.41. The van der Waals surface area contributed by atoms with Crippen LogP contribution in [-0.2, 0) is 4.29 Å². The van der Waals surface area contributed by atoms with Gasteiger partial charge in [0.15, 0.2) is 0 Å². The lowest BCUT2D eigenvalue weighted by Gasteiger charge is -1.98. The molecular weight excluding hydrogens is 148 g/mol. The number of benzene rings is 1. The fraction of sp³-hybridized carbons (Fsp3) is 0. The molecule has 1 aromatic carbocycles. The average Bonchev–Trinajstić information content (AvgIpc) is 2.05. The molecule has 52 valence electrons. The van der Waals surface area contributed by atoms with Crippen LogP contribution in [0.3, 0.4) is 0 Å². The molecule has 0 aliphatic carbocycles. The molecule has 1 rings (SSSR count). The Balaban J connectivity index is 2.85. The van der Waals surface area contributed by atoms with Gasteiger partial charge in [0, 0.05) is 5.56 Å². The van der Waals surface area contributed by atoms with E-state index in [1.165, 1.54) is 0 Å². The van der Waals surface area contributed by atoms with E-state index in [0.717, 1.165) is 5.56 Å². The van der Waals surface area contributed by atoms with Crippen LogP contribution >= 0.6 is 11.9 Å². The molecule has 0 atom stereocenters. The minimum absolute atomic E-state index is 0.474. The van der Waals surface area contributed by atoms with Crippen LogP contribution in [0.1, 0.15) is 5.56 Å². The number of hydrogen-bond acceptors (Lipinski definition) is 1. The van der Waals surface area contributed by atoms with Gasteiger partial charge in [-0.15, -0.1) is 0 Å². The van der Waals surface area contributed by atoms with E-state index in [1.807, 2.05) is 30.3 Å². The fourth-order valence-corrected chi connectivity index (χ4v) is 0.758. The standard InChI is InChI=1S/C8H7ClO/c1-7(10-9)8-5-3-2-4-6-8/h2-6H,1H2. The molecule has 0 saturated heterocycles. The Morgan fingerprint density at radius 3 is 2.40 bits per heavy atom. The van der Waals surface area contributed by atoms with Gasteiger partial charge in [0.1, 0.15) is 17.6 Å². The van der Waals surface area contributed by atoms with Crippen LogP contribution in [0.2, 0.25) is 0 Å². The highest BCUT2D eigenvalue weighted by atomic mass is 35.5. The van der Waals surface area contributed by atoms with E-state index in [0.29, 0.717) is 5.76 Å². The molecule has 10 heavy (non-hydrogen) atoms. The normalized spacial score (nSPS) is 8.90. The summed E-state index contributed by atoms with van der Waals surface area (Å²) in [7, 11) is 0. The minimum atomic E-state index is 0.474. The minimum Gasteiger partial charge on any atom is -0.386 e. The molecule has 0 saturated carbocycles. The van der Waals surface area contributed by atoms with E-state index in [-0.39, 0.29) is 0 Å². The van der Waals surface area contributed by atoms with Crippen molar-refractivity contribution in [1.29, 1.82) is 0 Å². The second-order valence-corrected chi connectivity index (χ2v) is 2.02. The van der Waals surface area contributed by atoms with Crippen molar-refractivity contribution in [2.45, 2.75) is 0 Å². The first-order valence-corrected chi connectivity index (χ1v) is 3.18. The Bertz CT molecular complexity index is 218. The van der Waals surface area contributed by atoms with Crippen molar-refractivity contribution < 1.29 is 4.29 Å². The van der Waals surface area contributed by atoms with E-state index in [2.05, 4.69) is 10.9 Å². The zero-order valence-corrected chi connectivity index (χ0v) is 6.14. The second kappa shape index (κ2) is 3.28. The van der Waals surface area contributed by atoms with E-state index in [4.69, 9.17) is 11.9 Å². The largest absolute Gasteiger partial charge is 0.386 e. The van der Waals surface area contributed by atoms with Crippen molar-refractivity contribution in [3.63, 3.8) is 0 Å². The van der Waals surface area contributed by atoms with Crippen LogP contribution in [-0.4, -0.2) is 0 Å². The van der Waals surface area contributed by atoms with Crippen molar-refractivity contribution in [1.82, 2.24) is 0 Å². The Kier molecular flexibility index (Phi) is 2.35. The van der Waals surface area contributed by atoms with Crippen molar-refractivity contribution in [3.8, 4) is 0 Å². The van der Waals surface area contributed by atoms with Crippen LogP contribution < -0.4 is 0 Å². The van der Waals surface area contributed by atoms with Gasteiger partial charge in [0.2, 0.25) is 0 Å². The van der Waals surface area contributed by atoms with Crippen molar-refractivity contribution >= 4 is 17.6 Å². The molecule has 0 aliphatic rings. The molecule has 2 heteroatoms. The summed E-state index contributed by atoms with van der Waals surface area (Å²) in [5, 5.41) is 0. The molecule has 0 radical (unpaired) electrons. The maximum absolute atomic E-state index is 5.09. The van der Waals surface area contributed by atoms with Gasteiger partial charge < -0.3 is 4.29 Å². The summed E-state index contributed by atoms with van der Waals surface area (Å²) in [5.74, 6) is 0.474. The van der Waals surface area contributed by atoms with Crippen molar-refractivity contribution in [2.75, 3.05) is 0 Å². The Morgan fingerprint density at radius 2 is 1.90 bits per heavy atom. The maximum atomic E-state index is 5.09. The van der Waals surface area contributed by atoms with Crippen molar-refractivity contribution in [2.24, 2.45) is 0 Å². The average molecular weight is 155 g/mol. The molecule has 0 aromatic heterocycles. The summed E-state index contributed by atoms with van der Waals surface area (Å²) in [4.78, 5) is 0. The highest BCUT2D eigenvalue weighted by Gasteiger charge is 1.94. The van der Waals surface area contributed by atoms with Crippen LogP contribution in [0.4, 0.5) is 0 Å². The van der Waals surface area contributed by atoms with Gasteiger partial charge in [-0.05, 0) is 0 Å². The molecule has 0 amide bonds. The molecule has 0 aliphatic heterocycles. The van der Waals surface area contributed by atoms with Crippen LogP contribution in [0, 0.1) is 0 Å². The van der Waals surface area contributed by atoms with Gasteiger partial charge in [-0.2, -0.15) is 0 Å². The monoisotopic (exact) mass is 154 g/mol.